The second-order valence-electron chi connectivity index (χ2n) is 7.67. The van der Waals surface area contributed by atoms with Gasteiger partial charge in [0.15, 0.2) is 0 Å². The summed E-state index contributed by atoms with van der Waals surface area (Å²) >= 11 is 1.74. The van der Waals surface area contributed by atoms with Crippen molar-refractivity contribution in [2.24, 2.45) is 0 Å². The number of hydrogen-bond donors (Lipinski definition) is 1. The zero-order valence-electron chi connectivity index (χ0n) is 15.9. The van der Waals surface area contributed by atoms with Gasteiger partial charge in [-0.2, -0.15) is 0 Å². The highest BCUT2D eigenvalue weighted by molar-refractivity contribution is 7.26. The quantitative estimate of drug-likeness (QED) is 0.695. The molecule has 1 N–H and O–H groups in total. The largest absolute Gasteiger partial charge is 0.376 e. The normalized spacial score (nSPS) is 19.7. The van der Waals surface area contributed by atoms with Crippen molar-refractivity contribution in [3.63, 3.8) is 0 Å². The first-order valence-corrected chi connectivity index (χ1v) is 11.1. The lowest BCUT2D eigenvalue weighted by Crippen LogP contribution is -2.18. The number of hydrogen-bond acceptors (Lipinski definition) is 6. The molecule has 1 fully saturated rings. The molecular formula is C21H26N4OS. The molecule has 0 amide bonds. The van der Waals surface area contributed by atoms with Gasteiger partial charge in [0.1, 0.15) is 17.0 Å². The van der Waals surface area contributed by atoms with Gasteiger partial charge in [0.25, 0.3) is 0 Å². The average molecular weight is 383 g/mol. The molecule has 3 aromatic heterocycles. The minimum absolute atomic E-state index is 0.298. The third-order valence-electron chi connectivity index (χ3n) is 5.82. The molecule has 1 aliphatic heterocycles. The minimum atomic E-state index is 0.298. The van der Waals surface area contributed by atoms with Gasteiger partial charge in [-0.3, -0.25) is 0 Å². The number of aryl methyl sites for hydroxylation is 2. The van der Waals surface area contributed by atoms with Crippen molar-refractivity contribution in [1.82, 2.24) is 15.0 Å². The summed E-state index contributed by atoms with van der Waals surface area (Å²) < 4.78 is 6.89. The number of anilines is 1. The van der Waals surface area contributed by atoms with Gasteiger partial charge in [0, 0.05) is 24.2 Å². The van der Waals surface area contributed by atoms with E-state index in [0.29, 0.717) is 6.10 Å². The Kier molecular flexibility index (Phi) is 4.70. The lowest BCUT2D eigenvalue weighted by molar-refractivity contribution is 0.120. The Labute approximate surface area is 163 Å². The highest BCUT2D eigenvalue weighted by Gasteiger charge is 2.23. The van der Waals surface area contributed by atoms with E-state index in [4.69, 9.17) is 9.72 Å². The van der Waals surface area contributed by atoms with Crippen LogP contribution in [-0.4, -0.2) is 34.2 Å². The van der Waals surface area contributed by atoms with E-state index in [-0.39, 0.29) is 0 Å². The Morgan fingerprint density at radius 2 is 2.07 bits per heavy atom. The van der Waals surface area contributed by atoms with E-state index < -0.39 is 0 Å². The first-order valence-electron chi connectivity index (χ1n) is 10.3. The molecule has 6 heteroatoms. The van der Waals surface area contributed by atoms with E-state index in [1.807, 2.05) is 0 Å². The molecule has 0 aromatic carbocycles. The molecular weight excluding hydrogens is 356 g/mol. The highest BCUT2D eigenvalue weighted by atomic mass is 32.1. The SMILES string of the molecule is CCCc1nc2sc3c(NC[C@H]4CCCO4)ncnc3c2c2c1CCCC2. The summed E-state index contributed by atoms with van der Waals surface area (Å²) in [5.41, 5.74) is 5.40. The molecule has 0 saturated carbocycles. The molecule has 4 heterocycles. The predicted molar refractivity (Wildman–Crippen MR) is 111 cm³/mol. The van der Waals surface area contributed by atoms with Gasteiger partial charge >= 0.3 is 0 Å². The van der Waals surface area contributed by atoms with Gasteiger partial charge in [-0.1, -0.05) is 13.3 Å². The van der Waals surface area contributed by atoms with Crippen LogP contribution in [0.5, 0.6) is 0 Å². The van der Waals surface area contributed by atoms with E-state index in [2.05, 4.69) is 22.2 Å². The van der Waals surface area contributed by atoms with Crippen LogP contribution >= 0.6 is 11.3 Å². The Morgan fingerprint density at radius 3 is 2.89 bits per heavy atom. The molecule has 27 heavy (non-hydrogen) atoms. The third-order valence-corrected chi connectivity index (χ3v) is 6.90. The molecule has 0 bridgehead atoms. The molecule has 3 aromatic rings. The first-order chi connectivity index (χ1) is 13.3. The number of thiophene rings is 1. The second-order valence-corrected chi connectivity index (χ2v) is 8.67. The van der Waals surface area contributed by atoms with Crippen molar-refractivity contribution in [3.8, 4) is 0 Å². The van der Waals surface area contributed by atoms with E-state index in [1.54, 1.807) is 17.7 Å². The summed E-state index contributed by atoms with van der Waals surface area (Å²) in [5.74, 6) is 0.931. The number of nitrogens with one attached hydrogen (secondary N) is 1. The molecule has 5 nitrogen and oxygen atoms in total. The summed E-state index contributed by atoms with van der Waals surface area (Å²) in [5, 5.41) is 4.80. The lowest BCUT2D eigenvalue weighted by atomic mass is 9.88. The van der Waals surface area contributed by atoms with Gasteiger partial charge in [-0.15, -0.1) is 11.3 Å². The molecule has 0 radical (unpaired) electrons. The smallest absolute Gasteiger partial charge is 0.147 e. The van der Waals surface area contributed by atoms with Gasteiger partial charge in [0.2, 0.25) is 0 Å². The number of ether oxygens (including phenoxy) is 1. The summed E-state index contributed by atoms with van der Waals surface area (Å²) in [7, 11) is 0. The Morgan fingerprint density at radius 1 is 1.19 bits per heavy atom. The van der Waals surface area contributed by atoms with E-state index >= 15 is 0 Å². The van der Waals surface area contributed by atoms with Crippen LogP contribution < -0.4 is 5.32 Å². The Hall–Kier alpha value is -1.79. The maximum Gasteiger partial charge on any atom is 0.147 e. The average Bonchev–Trinajstić information content (AvgIpc) is 3.34. The molecule has 1 aliphatic carbocycles. The monoisotopic (exact) mass is 382 g/mol. The third kappa shape index (κ3) is 3.09. The Balaban J connectivity index is 1.62. The molecule has 1 atom stereocenters. The van der Waals surface area contributed by atoms with Crippen molar-refractivity contribution in [1.29, 1.82) is 0 Å². The molecule has 0 spiro atoms. The van der Waals surface area contributed by atoms with Crippen molar-refractivity contribution in [2.45, 2.75) is 64.4 Å². The van der Waals surface area contributed by atoms with Crippen molar-refractivity contribution < 1.29 is 4.74 Å². The van der Waals surface area contributed by atoms with Gasteiger partial charge < -0.3 is 10.1 Å². The van der Waals surface area contributed by atoms with Crippen molar-refractivity contribution >= 4 is 37.6 Å². The molecule has 142 valence electrons. The number of aromatic nitrogens is 3. The molecule has 5 rings (SSSR count). The van der Waals surface area contributed by atoms with Crippen molar-refractivity contribution in [2.75, 3.05) is 18.5 Å². The molecule has 2 aliphatic rings. The number of pyridine rings is 1. The Bertz CT molecular complexity index is 977. The van der Waals surface area contributed by atoms with Crippen LogP contribution in [0, 0.1) is 0 Å². The van der Waals surface area contributed by atoms with Crippen LogP contribution in [0.25, 0.3) is 20.4 Å². The van der Waals surface area contributed by atoms with Crippen LogP contribution in [0.2, 0.25) is 0 Å². The maximum absolute atomic E-state index is 5.75. The zero-order valence-corrected chi connectivity index (χ0v) is 16.7. The first kappa shape index (κ1) is 17.3. The van der Waals surface area contributed by atoms with Crippen LogP contribution in [0.15, 0.2) is 6.33 Å². The van der Waals surface area contributed by atoms with E-state index in [1.165, 1.54) is 41.5 Å². The molecule has 1 saturated heterocycles. The minimum Gasteiger partial charge on any atom is -0.376 e. The summed E-state index contributed by atoms with van der Waals surface area (Å²) in [6, 6.07) is 0. The summed E-state index contributed by atoms with van der Waals surface area (Å²) in [6.07, 6.45) is 11.4. The number of nitrogens with zero attached hydrogens (tertiary/aromatic N) is 3. The fourth-order valence-corrected chi connectivity index (χ4v) is 5.67. The van der Waals surface area contributed by atoms with E-state index in [0.717, 1.165) is 66.1 Å². The van der Waals surface area contributed by atoms with Crippen LogP contribution in [0.4, 0.5) is 5.82 Å². The summed E-state index contributed by atoms with van der Waals surface area (Å²) in [6.45, 7) is 3.93. The van der Waals surface area contributed by atoms with Crippen LogP contribution in [-0.2, 0) is 24.0 Å². The lowest BCUT2D eigenvalue weighted by Gasteiger charge is -2.19. The fraction of sp³-hybridized carbons (Fsp3) is 0.571. The van der Waals surface area contributed by atoms with Crippen molar-refractivity contribution in [3.05, 3.63) is 23.1 Å². The van der Waals surface area contributed by atoms with Gasteiger partial charge in [0.05, 0.1) is 16.3 Å². The van der Waals surface area contributed by atoms with Gasteiger partial charge in [-0.25, -0.2) is 15.0 Å². The standard InChI is InChI=1S/C21H26N4OS/c1-2-6-16-14-8-3-4-9-15(14)17-18-19(27-21(17)25-16)20(24-12-23-18)22-11-13-7-5-10-26-13/h12-13H,2-11H2,1H3,(H,22,23,24)/t13-/m1/s1. The zero-order chi connectivity index (χ0) is 18.2. The summed E-state index contributed by atoms with van der Waals surface area (Å²) in [4.78, 5) is 15.4. The van der Waals surface area contributed by atoms with Crippen LogP contribution in [0.1, 0.15) is 55.8 Å². The number of rotatable bonds is 5. The fourth-order valence-electron chi connectivity index (χ4n) is 4.52. The topological polar surface area (TPSA) is 59.9 Å². The number of fused-ring (bicyclic) bond motifs is 5. The van der Waals surface area contributed by atoms with Gasteiger partial charge in [-0.05, 0) is 56.1 Å². The maximum atomic E-state index is 5.75. The predicted octanol–water partition coefficient (Wildman–Crippen LogP) is 4.66. The highest BCUT2D eigenvalue weighted by Crippen LogP contribution is 2.40. The van der Waals surface area contributed by atoms with Crippen LogP contribution in [0.3, 0.4) is 0 Å². The second kappa shape index (κ2) is 7.32. The molecule has 0 unspecified atom stereocenters. The van der Waals surface area contributed by atoms with E-state index in [9.17, 15) is 0 Å².